The Hall–Kier alpha value is -1.73. The summed E-state index contributed by atoms with van der Waals surface area (Å²) in [7, 11) is 0. The van der Waals surface area contributed by atoms with Crippen molar-refractivity contribution >= 4 is 0 Å². The van der Waals surface area contributed by atoms with Gasteiger partial charge in [0.1, 0.15) is 5.76 Å². The number of rotatable bonds is 5. The lowest BCUT2D eigenvalue weighted by atomic mass is 10.0. The molecule has 0 radical (unpaired) electrons. The van der Waals surface area contributed by atoms with Crippen LogP contribution in [0.2, 0.25) is 0 Å². The summed E-state index contributed by atoms with van der Waals surface area (Å²) in [6.07, 6.45) is 1.19. The van der Waals surface area contributed by atoms with Gasteiger partial charge in [-0.25, -0.2) is 0 Å². The van der Waals surface area contributed by atoms with E-state index in [0.717, 1.165) is 24.4 Å². The van der Waals surface area contributed by atoms with E-state index in [-0.39, 0.29) is 17.9 Å². The van der Waals surface area contributed by atoms with Crippen molar-refractivity contribution in [3.8, 4) is 0 Å². The Morgan fingerprint density at radius 3 is 2.81 bits per heavy atom. The lowest BCUT2D eigenvalue weighted by Gasteiger charge is -2.14. The Morgan fingerprint density at radius 2 is 2.14 bits per heavy atom. The van der Waals surface area contributed by atoms with E-state index in [2.05, 4.69) is 20.6 Å². The molecule has 2 aromatic heterocycles. The van der Waals surface area contributed by atoms with Crippen molar-refractivity contribution in [3.05, 3.63) is 29.2 Å². The standard InChI is InChI=1S/C14H20N4O3/c1-8-3-12(18-20-8)7-15-6-11-4-10(5-13(11)19)14-16-9(2)17-21-14/h3,10-11,13,15,19H,4-7H2,1-2H3/t10-,11+,13+/m0/s1. The Labute approximate surface area is 122 Å². The molecule has 2 aromatic rings. The van der Waals surface area contributed by atoms with Crippen LogP contribution in [0.4, 0.5) is 0 Å². The van der Waals surface area contributed by atoms with Crippen LogP contribution >= 0.6 is 0 Å². The van der Waals surface area contributed by atoms with Crippen LogP contribution in [0.15, 0.2) is 15.1 Å². The number of aliphatic hydroxyl groups is 1. The minimum absolute atomic E-state index is 0.155. The van der Waals surface area contributed by atoms with E-state index in [1.807, 2.05) is 13.0 Å². The Kier molecular flexibility index (Phi) is 4.03. The maximum Gasteiger partial charge on any atom is 0.229 e. The molecule has 1 aliphatic carbocycles. The van der Waals surface area contributed by atoms with Gasteiger partial charge in [-0.1, -0.05) is 10.3 Å². The summed E-state index contributed by atoms with van der Waals surface area (Å²) < 4.78 is 10.2. The van der Waals surface area contributed by atoms with E-state index in [0.29, 0.717) is 24.7 Å². The van der Waals surface area contributed by atoms with Gasteiger partial charge in [0, 0.05) is 25.1 Å². The third-order valence-electron chi connectivity index (χ3n) is 3.94. The summed E-state index contributed by atoms with van der Waals surface area (Å²) in [5.74, 6) is 2.43. The van der Waals surface area contributed by atoms with Crippen molar-refractivity contribution in [2.45, 2.75) is 45.3 Å². The van der Waals surface area contributed by atoms with Crippen molar-refractivity contribution in [2.75, 3.05) is 6.54 Å². The van der Waals surface area contributed by atoms with Crippen molar-refractivity contribution < 1.29 is 14.2 Å². The maximum absolute atomic E-state index is 10.2. The molecule has 1 saturated carbocycles. The molecule has 3 rings (SSSR count). The molecule has 0 aromatic carbocycles. The lowest BCUT2D eigenvalue weighted by Crippen LogP contribution is -2.27. The molecule has 3 atom stereocenters. The van der Waals surface area contributed by atoms with Crippen LogP contribution in [0, 0.1) is 19.8 Å². The van der Waals surface area contributed by atoms with Gasteiger partial charge in [-0.2, -0.15) is 4.98 Å². The second kappa shape index (κ2) is 5.95. The summed E-state index contributed by atoms with van der Waals surface area (Å²) in [6.45, 7) is 5.05. The smallest absolute Gasteiger partial charge is 0.229 e. The summed E-state index contributed by atoms with van der Waals surface area (Å²) in [4.78, 5) is 4.26. The third-order valence-corrected chi connectivity index (χ3v) is 3.94. The molecule has 0 spiro atoms. The molecule has 0 amide bonds. The van der Waals surface area contributed by atoms with Crippen LogP contribution in [0.25, 0.3) is 0 Å². The van der Waals surface area contributed by atoms with E-state index in [1.165, 1.54) is 0 Å². The van der Waals surface area contributed by atoms with Gasteiger partial charge in [-0.15, -0.1) is 0 Å². The molecule has 0 aliphatic heterocycles. The fourth-order valence-electron chi connectivity index (χ4n) is 2.89. The Morgan fingerprint density at radius 1 is 1.29 bits per heavy atom. The van der Waals surface area contributed by atoms with E-state index in [1.54, 1.807) is 6.92 Å². The highest BCUT2D eigenvalue weighted by Gasteiger charge is 2.36. The van der Waals surface area contributed by atoms with Gasteiger partial charge in [0.2, 0.25) is 5.89 Å². The van der Waals surface area contributed by atoms with Gasteiger partial charge in [-0.3, -0.25) is 0 Å². The van der Waals surface area contributed by atoms with Gasteiger partial charge in [0.25, 0.3) is 0 Å². The van der Waals surface area contributed by atoms with Crippen LogP contribution in [0.5, 0.6) is 0 Å². The van der Waals surface area contributed by atoms with Crippen molar-refractivity contribution in [1.29, 1.82) is 0 Å². The topological polar surface area (TPSA) is 97.2 Å². The predicted molar refractivity (Wildman–Crippen MR) is 73.5 cm³/mol. The molecule has 2 N–H and O–H groups in total. The Bertz CT molecular complexity index is 595. The van der Waals surface area contributed by atoms with Crippen LogP contribution in [-0.2, 0) is 6.54 Å². The van der Waals surface area contributed by atoms with Crippen LogP contribution in [0.1, 0.15) is 41.9 Å². The molecule has 0 saturated heterocycles. The predicted octanol–water partition coefficient (Wildman–Crippen LogP) is 1.32. The zero-order valence-electron chi connectivity index (χ0n) is 12.2. The van der Waals surface area contributed by atoms with Crippen LogP contribution in [0.3, 0.4) is 0 Å². The first-order valence-electron chi connectivity index (χ1n) is 7.23. The van der Waals surface area contributed by atoms with E-state index < -0.39 is 0 Å². The molecule has 7 nitrogen and oxygen atoms in total. The summed E-state index contributed by atoms with van der Waals surface area (Å²) >= 11 is 0. The van der Waals surface area contributed by atoms with E-state index in [4.69, 9.17) is 9.05 Å². The first kappa shape index (κ1) is 14.2. The number of hydrogen-bond donors (Lipinski definition) is 2. The van der Waals surface area contributed by atoms with Crippen LogP contribution in [-0.4, -0.2) is 33.1 Å². The zero-order chi connectivity index (χ0) is 14.8. The second-order valence-electron chi connectivity index (χ2n) is 5.74. The highest BCUT2D eigenvalue weighted by atomic mass is 16.5. The molecule has 1 aliphatic rings. The largest absolute Gasteiger partial charge is 0.393 e. The highest BCUT2D eigenvalue weighted by molar-refractivity contribution is 5.04. The summed E-state index contributed by atoms with van der Waals surface area (Å²) in [5, 5.41) is 21.2. The molecule has 1 fully saturated rings. The van der Waals surface area contributed by atoms with Gasteiger partial charge < -0.3 is 19.5 Å². The molecule has 2 heterocycles. The van der Waals surface area contributed by atoms with E-state index >= 15 is 0 Å². The molecule has 0 unspecified atom stereocenters. The SMILES string of the molecule is Cc1noc([C@H]2C[C@H](CNCc3cc(C)on3)[C@H](O)C2)n1. The number of aryl methyl sites for hydroxylation is 2. The highest BCUT2D eigenvalue weighted by Crippen LogP contribution is 2.37. The fourth-order valence-corrected chi connectivity index (χ4v) is 2.89. The monoisotopic (exact) mass is 292 g/mol. The molecular weight excluding hydrogens is 272 g/mol. The summed E-state index contributed by atoms with van der Waals surface area (Å²) in [6, 6.07) is 1.90. The maximum atomic E-state index is 10.2. The molecule has 21 heavy (non-hydrogen) atoms. The number of nitrogens with one attached hydrogen (secondary N) is 1. The van der Waals surface area contributed by atoms with Gasteiger partial charge in [0.15, 0.2) is 5.82 Å². The van der Waals surface area contributed by atoms with Gasteiger partial charge in [-0.05, 0) is 32.6 Å². The third kappa shape index (κ3) is 3.30. The zero-order valence-corrected chi connectivity index (χ0v) is 12.2. The first-order chi connectivity index (χ1) is 10.1. The fraction of sp³-hybridized carbons (Fsp3) is 0.643. The first-order valence-corrected chi connectivity index (χ1v) is 7.23. The minimum Gasteiger partial charge on any atom is -0.393 e. The van der Waals surface area contributed by atoms with Crippen molar-refractivity contribution in [3.63, 3.8) is 0 Å². The average Bonchev–Trinajstić information content (AvgIpc) is 3.12. The molecule has 114 valence electrons. The number of aliphatic hydroxyl groups excluding tert-OH is 1. The normalized spacial score (nSPS) is 25.6. The average molecular weight is 292 g/mol. The minimum atomic E-state index is -0.339. The molecule has 7 heteroatoms. The lowest BCUT2D eigenvalue weighted by molar-refractivity contribution is 0.130. The number of hydrogen-bond acceptors (Lipinski definition) is 7. The second-order valence-corrected chi connectivity index (χ2v) is 5.74. The van der Waals surface area contributed by atoms with Gasteiger partial charge in [0.05, 0.1) is 11.8 Å². The summed E-state index contributed by atoms with van der Waals surface area (Å²) in [5.41, 5.74) is 0.879. The van der Waals surface area contributed by atoms with Crippen LogP contribution < -0.4 is 5.32 Å². The quantitative estimate of drug-likeness (QED) is 0.857. The van der Waals surface area contributed by atoms with Crippen molar-refractivity contribution in [1.82, 2.24) is 20.6 Å². The molecule has 0 bridgehead atoms. The Balaban J connectivity index is 1.50. The number of nitrogens with zero attached hydrogens (tertiary/aromatic N) is 3. The van der Waals surface area contributed by atoms with Crippen molar-refractivity contribution in [2.24, 2.45) is 5.92 Å². The van der Waals surface area contributed by atoms with E-state index in [9.17, 15) is 5.11 Å². The van der Waals surface area contributed by atoms with Gasteiger partial charge >= 0.3 is 0 Å². The number of aromatic nitrogens is 3. The molecular formula is C14H20N4O3.